The molecule has 0 saturated carbocycles. The molecule has 19 heavy (non-hydrogen) atoms. The van der Waals surface area contributed by atoms with E-state index in [0.717, 1.165) is 32.6 Å². The Hall–Kier alpha value is -1.38. The molecule has 2 aromatic rings. The van der Waals surface area contributed by atoms with Crippen molar-refractivity contribution in [3.63, 3.8) is 0 Å². The molecule has 0 aliphatic carbocycles. The van der Waals surface area contributed by atoms with E-state index in [1.807, 2.05) is 7.05 Å². The molecule has 1 aliphatic heterocycles. The number of hydrogen-bond donors (Lipinski definition) is 1. The van der Waals surface area contributed by atoms with Crippen LogP contribution in [0.5, 0.6) is 0 Å². The van der Waals surface area contributed by atoms with Crippen molar-refractivity contribution in [1.82, 2.24) is 5.32 Å². The second-order valence-electron chi connectivity index (χ2n) is 5.65. The highest BCUT2D eigenvalue weighted by atomic mass is 16.5. The molecule has 1 N–H and O–H groups in total. The van der Waals surface area contributed by atoms with Crippen LogP contribution in [0.3, 0.4) is 0 Å². The molecule has 1 saturated heterocycles. The molecular weight excluding hydrogens is 234 g/mol. The second-order valence-corrected chi connectivity index (χ2v) is 5.65. The molecule has 0 bridgehead atoms. The van der Waals surface area contributed by atoms with Crippen LogP contribution in [0.15, 0.2) is 42.5 Å². The monoisotopic (exact) mass is 255 g/mol. The fraction of sp³-hybridized carbons (Fsp3) is 0.412. The van der Waals surface area contributed by atoms with Gasteiger partial charge in [-0.05, 0) is 36.2 Å². The van der Waals surface area contributed by atoms with E-state index in [9.17, 15) is 0 Å². The third-order valence-corrected chi connectivity index (χ3v) is 4.18. The van der Waals surface area contributed by atoms with Gasteiger partial charge >= 0.3 is 0 Å². The number of rotatable bonds is 4. The molecule has 3 rings (SSSR count). The Morgan fingerprint density at radius 3 is 2.79 bits per heavy atom. The molecule has 1 heterocycles. The summed E-state index contributed by atoms with van der Waals surface area (Å²) in [7, 11) is 2.03. The van der Waals surface area contributed by atoms with E-state index in [1.54, 1.807) is 0 Å². The number of nitrogens with one attached hydrogen (secondary N) is 1. The van der Waals surface area contributed by atoms with Crippen molar-refractivity contribution in [2.24, 2.45) is 5.41 Å². The Morgan fingerprint density at radius 2 is 2.00 bits per heavy atom. The zero-order chi connectivity index (χ0) is 13.1. The van der Waals surface area contributed by atoms with E-state index in [-0.39, 0.29) is 5.41 Å². The molecule has 1 atom stereocenters. The molecule has 100 valence electrons. The van der Waals surface area contributed by atoms with Crippen molar-refractivity contribution < 1.29 is 4.74 Å². The van der Waals surface area contributed by atoms with Crippen LogP contribution in [0.2, 0.25) is 0 Å². The maximum absolute atomic E-state index is 5.66. The van der Waals surface area contributed by atoms with Gasteiger partial charge in [-0.25, -0.2) is 0 Å². The summed E-state index contributed by atoms with van der Waals surface area (Å²) in [6, 6.07) is 15.3. The molecule has 2 heteroatoms. The molecule has 2 aromatic carbocycles. The highest BCUT2D eigenvalue weighted by Gasteiger charge is 2.34. The molecular formula is C17H21NO. The lowest BCUT2D eigenvalue weighted by Gasteiger charge is -2.27. The van der Waals surface area contributed by atoms with E-state index < -0.39 is 0 Å². The molecule has 0 spiro atoms. The fourth-order valence-electron chi connectivity index (χ4n) is 3.22. The minimum Gasteiger partial charge on any atom is -0.381 e. The molecule has 0 amide bonds. The predicted molar refractivity (Wildman–Crippen MR) is 79.4 cm³/mol. The maximum Gasteiger partial charge on any atom is 0.0538 e. The summed E-state index contributed by atoms with van der Waals surface area (Å²) in [4.78, 5) is 0. The Bertz CT molecular complexity index is 553. The smallest absolute Gasteiger partial charge is 0.0538 e. The topological polar surface area (TPSA) is 21.3 Å². The van der Waals surface area contributed by atoms with Gasteiger partial charge < -0.3 is 10.1 Å². The first-order valence-electron chi connectivity index (χ1n) is 7.02. The van der Waals surface area contributed by atoms with E-state index in [1.165, 1.54) is 16.3 Å². The van der Waals surface area contributed by atoms with Gasteiger partial charge in [-0.1, -0.05) is 42.5 Å². The van der Waals surface area contributed by atoms with Gasteiger partial charge in [0.2, 0.25) is 0 Å². The van der Waals surface area contributed by atoms with Gasteiger partial charge in [-0.15, -0.1) is 0 Å². The van der Waals surface area contributed by atoms with Crippen LogP contribution in [0.25, 0.3) is 10.8 Å². The van der Waals surface area contributed by atoms with E-state index in [2.05, 4.69) is 47.8 Å². The highest BCUT2D eigenvalue weighted by Crippen LogP contribution is 2.34. The number of fused-ring (bicyclic) bond motifs is 1. The zero-order valence-corrected chi connectivity index (χ0v) is 11.5. The molecule has 1 unspecified atom stereocenters. The summed E-state index contributed by atoms with van der Waals surface area (Å²) < 4.78 is 5.66. The van der Waals surface area contributed by atoms with Gasteiger partial charge in [0.05, 0.1) is 6.61 Å². The zero-order valence-electron chi connectivity index (χ0n) is 11.5. The predicted octanol–water partition coefficient (Wildman–Crippen LogP) is 3.01. The summed E-state index contributed by atoms with van der Waals surface area (Å²) in [6.45, 7) is 2.79. The molecule has 1 aliphatic rings. The second kappa shape index (κ2) is 5.32. The van der Waals surface area contributed by atoms with Crippen molar-refractivity contribution in [2.45, 2.75) is 12.8 Å². The van der Waals surface area contributed by atoms with Gasteiger partial charge in [-0.2, -0.15) is 0 Å². The largest absolute Gasteiger partial charge is 0.381 e. The number of ether oxygens (including phenoxy) is 1. The van der Waals surface area contributed by atoms with Gasteiger partial charge in [0.25, 0.3) is 0 Å². The van der Waals surface area contributed by atoms with E-state index >= 15 is 0 Å². The Balaban J connectivity index is 1.96. The van der Waals surface area contributed by atoms with Gasteiger partial charge in [-0.3, -0.25) is 0 Å². The quantitative estimate of drug-likeness (QED) is 0.906. The first-order valence-corrected chi connectivity index (χ1v) is 7.02. The average molecular weight is 255 g/mol. The first-order chi connectivity index (χ1) is 9.33. The van der Waals surface area contributed by atoms with Crippen molar-refractivity contribution in [3.8, 4) is 0 Å². The lowest BCUT2D eigenvalue weighted by Crippen LogP contribution is -2.35. The molecule has 1 fully saturated rings. The van der Waals surface area contributed by atoms with E-state index in [0.29, 0.717) is 0 Å². The summed E-state index contributed by atoms with van der Waals surface area (Å²) >= 11 is 0. The van der Waals surface area contributed by atoms with Crippen LogP contribution < -0.4 is 5.32 Å². The fourth-order valence-corrected chi connectivity index (χ4v) is 3.22. The summed E-state index contributed by atoms with van der Waals surface area (Å²) in [5.74, 6) is 0. The summed E-state index contributed by atoms with van der Waals surface area (Å²) in [6.07, 6.45) is 2.24. The third-order valence-electron chi connectivity index (χ3n) is 4.18. The van der Waals surface area contributed by atoms with Crippen LogP contribution in [-0.2, 0) is 11.2 Å². The number of hydrogen-bond acceptors (Lipinski definition) is 2. The lowest BCUT2D eigenvalue weighted by atomic mass is 9.80. The average Bonchev–Trinajstić information content (AvgIpc) is 2.88. The van der Waals surface area contributed by atoms with Crippen LogP contribution in [0, 0.1) is 5.41 Å². The third kappa shape index (κ3) is 2.51. The standard InChI is InChI=1S/C17H21NO/c1-18-12-17(9-10-19-13-17)11-15-7-4-6-14-5-2-3-8-16(14)15/h2-8,18H,9-13H2,1H3. The molecule has 0 radical (unpaired) electrons. The highest BCUT2D eigenvalue weighted by molar-refractivity contribution is 5.85. The van der Waals surface area contributed by atoms with Crippen molar-refractivity contribution in [2.75, 3.05) is 26.8 Å². The summed E-state index contributed by atoms with van der Waals surface area (Å²) in [5.41, 5.74) is 1.71. The maximum atomic E-state index is 5.66. The minimum atomic E-state index is 0.263. The van der Waals surface area contributed by atoms with Crippen molar-refractivity contribution >= 4 is 10.8 Å². The SMILES string of the molecule is CNCC1(Cc2cccc3ccccc23)CCOC1. The van der Waals surface area contributed by atoms with Crippen molar-refractivity contribution in [1.29, 1.82) is 0 Å². The van der Waals surface area contributed by atoms with Crippen LogP contribution in [-0.4, -0.2) is 26.8 Å². The Kier molecular flexibility index (Phi) is 3.54. The van der Waals surface area contributed by atoms with E-state index in [4.69, 9.17) is 4.74 Å². The Labute approximate surface area is 114 Å². The van der Waals surface area contributed by atoms with Crippen molar-refractivity contribution in [3.05, 3.63) is 48.0 Å². The Morgan fingerprint density at radius 1 is 1.16 bits per heavy atom. The molecule has 2 nitrogen and oxygen atoms in total. The molecule has 0 aromatic heterocycles. The first kappa shape index (κ1) is 12.6. The number of benzene rings is 2. The van der Waals surface area contributed by atoms with Crippen LogP contribution in [0.4, 0.5) is 0 Å². The van der Waals surface area contributed by atoms with Crippen LogP contribution in [0.1, 0.15) is 12.0 Å². The van der Waals surface area contributed by atoms with Gasteiger partial charge in [0.1, 0.15) is 0 Å². The lowest BCUT2D eigenvalue weighted by molar-refractivity contribution is 0.151. The van der Waals surface area contributed by atoms with Gasteiger partial charge in [0, 0.05) is 18.6 Å². The van der Waals surface area contributed by atoms with Crippen LogP contribution >= 0.6 is 0 Å². The van der Waals surface area contributed by atoms with Gasteiger partial charge in [0.15, 0.2) is 0 Å². The summed E-state index contributed by atoms with van der Waals surface area (Å²) in [5, 5.41) is 6.05. The normalized spacial score (nSPS) is 23.0. The minimum absolute atomic E-state index is 0.263.